The first-order valence-corrected chi connectivity index (χ1v) is 9.43. The molecule has 1 aliphatic heterocycles. The largest absolute Gasteiger partial charge is 0.450 e. The molecule has 0 spiro atoms. The lowest BCUT2D eigenvalue weighted by Crippen LogP contribution is -2.50. The van der Waals surface area contributed by atoms with E-state index in [1.165, 1.54) is 5.69 Å². The van der Waals surface area contributed by atoms with Crippen molar-refractivity contribution in [2.45, 2.75) is 52.6 Å². The highest BCUT2D eigenvalue weighted by Gasteiger charge is 2.23. The molecule has 0 aliphatic carbocycles. The van der Waals surface area contributed by atoms with Crippen LogP contribution >= 0.6 is 24.0 Å². The Balaban J connectivity index is 0.00000364. The summed E-state index contributed by atoms with van der Waals surface area (Å²) in [5.41, 5.74) is 2.25. The van der Waals surface area contributed by atoms with Crippen LogP contribution in [0.4, 0.5) is 4.79 Å². The summed E-state index contributed by atoms with van der Waals surface area (Å²) in [4.78, 5) is 17.8. The first kappa shape index (κ1) is 23.5. The van der Waals surface area contributed by atoms with Crippen molar-refractivity contribution in [1.82, 2.24) is 25.3 Å². The van der Waals surface area contributed by atoms with Crippen LogP contribution in [0.3, 0.4) is 0 Å². The number of rotatable bonds is 6. The standard InChI is InChI=1S/C18H32N6O2.HI/c1-5-26-18(25)23-11-7-16(8-12-23)21-17(19-4)20-9-6-10-24-15(3)13-14(2)22-24;/h13,16H,5-12H2,1-4H3,(H2,19,20,21);1H. The van der Waals surface area contributed by atoms with Gasteiger partial charge in [0.1, 0.15) is 0 Å². The average molecular weight is 492 g/mol. The Hall–Kier alpha value is -1.52. The van der Waals surface area contributed by atoms with E-state index in [4.69, 9.17) is 4.74 Å². The molecule has 1 aromatic rings. The highest BCUT2D eigenvalue weighted by Crippen LogP contribution is 2.11. The number of aryl methyl sites for hydroxylation is 3. The molecule has 154 valence electrons. The third-order valence-electron chi connectivity index (χ3n) is 4.53. The van der Waals surface area contributed by atoms with Gasteiger partial charge in [-0.15, -0.1) is 24.0 Å². The van der Waals surface area contributed by atoms with E-state index in [1.54, 1.807) is 11.9 Å². The Bertz CT molecular complexity index is 611. The molecule has 9 heteroatoms. The third kappa shape index (κ3) is 7.55. The van der Waals surface area contributed by atoms with Gasteiger partial charge in [-0.2, -0.15) is 5.10 Å². The number of likely N-dealkylation sites (tertiary alicyclic amines) is 1. The molecule has 0 unspecified atom stereocenters. The number of carbonyl (C=O) groups is 1. The second-order valence-corrected chi connectivity index (χ2v) is 6.61. The van der Waals surface area contributed by atoms with Crippen molar-refractivity contribution in [3.8, 4) is 0 Å². The molecule has 2 heterocycles. The van der Waals surface area contributed by atoms with Crippen molar-refractivity contribution in [2.75, 3.05) is 33.3 Å². The maximum atomic E-state index is 11.7. The van der Waals surface area contributed by atoms with Crippen LogP contribution in [0.15, 0.2) is 11.1 Å². The van der Waals surface area contributed by atoms with E-state index in [0.717, 1.165) is 44.0 Å². The van der Waals surface area contributed by atoms with Crippen molar-refractivity contribution in [1.29, 1.82) is 0 Å². The molecule has 1 fully saturated rings. The van der Waals surface area contributed by atoms with Gasteiger partial charge < -0.3 is 20.3 Å². The molecule has 0 aromatic carbocycles. The molecule has 0 atom stereocenters. The maximum absolute atomic E-state index is 11.7. The molecule has 8 nitrogen and oxygen atoms in total. The van der Waals surface area contributed by atoms with Crippen LogP contribution in [-0.4, -0.2) is 66.1 Å². The average Bonchev–Trinajstić information content (AvgIpc) is 2.95. The Labute approximate surface area is 179 Å². The van der Waals surface area contributed by atoms with E-state index in [0.29, 0.717) is 25.7 Å². The van der Waals surface area contributed by atoms with Crippen LogP contribution in [0, 0.1) is 13.8 Å². The molecule has 27 heavy (non-hydrogen) atoms. The number of guanidine groups is 1. The molecule has 0 radical (unpaired) electrons. The van der Waals surface area contributed by atoms with E-state index in [1.807, 2.05) is 18.5 Å². The van der Waals surface area contributed by atoms with Gasteiger partial charge in [0.2, 0.25) is 0 Å². The lowest BCUT2D eigenvalue weighted by molar-refractivity contribution is 0.0963. The first-order valence-electron chi connectivity index (χ1n) is 9.43. The van der Waals surface area contributed by atoms with Crippen LogP contribution in [-0.2, 0) is 11.3 Å². The fourth-order valence-corrected chi connectivity index (χ4v) is 3.15. The zero-order valence-corrected chi connectivity index (χ0v) is 19.2. The number of halogens is 1. The molecule has 2 rings (SSSR count). The van der Waals surface area contributed by atoms with Crippen molar-refractivity contribution in [3.05, 3.63) is 17.5 Å². The highest BCUT2D eigenvalue weighted by molar-refractivity contribution is 14.0. The second-order valence-electron chi connectivity index (χ2n) is 6.61. The van der Waals surface area contributed by atoms with Crippen molar-refractivity contribution in [2.24, 2.45) is 4.99 Å². The van der Waals surface area contributed by atoms with Gasteiger partial charge in [0.15, 0.2) is 5.96 Å². The number of aromatic nitrogens is 2. The maximum Gasteiger partial charge on any atom is 0.409 e. The summed E-state index contributed by atoms with van der Waals surface area (Å²) in [6.45, 7) is 9.50. The smallest absolute Gasteiger partial charge is 0.409 e. The number of carbonyl (C=O) groups excluding carboxylic acids is 1. The van der Waals surface area contributed by atoms with Gasteiger partial charge in [0.25, 0.3) is 0 Å². The van der Waals surface area contributed by atoms with Gasteiger partial charge in [-0.1, -0.05) is 0 Å². The Morgan fingerprint density at radius 3 is 2.63 bits per heavy atom. The fraction of sp³-hybridized carbons (Fsp3) is 0.722. The lowest BCUT2D eigenvalue weighted by Gasteiger charge is -2.32. The molecule has 1 aliphatic rings. The van der Waals surface area contributed by atoms with Crippen molar-refractivity contribution in [3.63, 3.8) is 0 Å². The zero-order chi connectivity index (χ0) is 18.9. The number of ether oxygens (including phenoxy) is 1. The molecule has 0 saturated carbocycles. The number of nitrogens with one attached hydrogen (secondary N) is 2. The van der Waals surface area contributed by atoms with Gasteiger partial charge in [-0.25, -0.2) is 4.79 Å². The normalized spacial score (nSPS) is 15.3. The Morgan fingerprint density at radius 1 is 1.37 bits per heavy atom. The second kappa shape index (κ2) is 12.0. The third-order valence-corrected chi connectivity index (χ3v) is 4.53. The number of nitrogens with zero attached hydrogens (tertiary/aromatic N) is 4. The van der Waals surface area contributed by atoms with Crippen LogP contribution in [0.5, 0.6) is 0 Å². The molecular formula is C18H33IN6O2. The molecule has 2 N–H and O–H groups in total. The van der Waals surface area contributed by atoms with E-state index in [-0.39, 0.29) is 30.1 Å². The summed E-state index contributed by atoms with van der Waals surface area (Å²) in [6.07, 6.45) is 2.55. The first-order chi connectivity index (χ1) is 12.5. The zero-order valence-electron chi connectivity index (χ0n) is 16.8. The summed E-state index contributed by atoms with van der Waals surface area (Å²) in [5, 5.41) is 11.3. The van der Waals surface area contributed by atoms with Gasteiger partial charge in [-0.05, 0) is 46.1 Å². The van der Waals surface area contributed by atoms with Crippen LogP contribution in [0.1, 0.15) is 37.6 Å². The SMILES string of the molecule is CCOC(=O)N1CCC(NC(=NC)NCCCn2nc(C)cc2C)CC1.I. The van der Waals surface area contributed by atoms with Gasteiger partial charge in [0, 0.05) is 45.0 Å². The number of piperidine rings is 1. The predicted octanol–water partition coefficient (Wildman–Crippen LogP) is 2.29. The van der Waals surface area contributed by atoms with E-state index < -0.39 is 0 Å². The minimum atomic E-state index is -0.211. The minimum absolute atomic E-state index is 0. The fourth-order valence-electron chi connectivity index (χ4n) is 3.15. The summed E-state index contributed by atoms with van der Waals surface area (Å²) >= 11 is 0. The molecule has 1 amide bonds. The molecule has 1 aromatic heterocycles. The topological polar surface area (TPSA) is 83.8 Å². The number of amides is 1. The number of aliphatic imine (C=N–C) groups is 1. The summed E-state index contributed by atoms with van der Waals surface area (Å²) in [7, 11) is 1.78. The monoisotopic (exact) mass is 492 g/mol. The van der Waals surface area contributed by atoms with Crippen LogP contribution in [0.25, 0.3) is 0 Å². The summed E-state index contributed by atoms with van der Waals surface area (Å²) in [6, 6.07) is 2.42. The molecule has 0 bridgehead atoms. The van der Waals surface area contributed by atoms with E-state index >= 15 is 0 Å². The number of hydrogen-bond acceptors (Lipinski definition) is 4. The van der Waals surface area contributed by atoms with Gasteiger partial charge >= 0.3 is 6.09 Å². The Kier molecular flexibility index (Phi) is 10.5. The molecule has 1 saturated heterocycles. The quantitative estimate of drug-likeness (QED) is 0.276. The van der Waals surface area contributed by atoms with Crippen molar-refractivity contribution < 1.29 is 9.53 Å². The Morgan fingerprint density at radius 2 is 2.07 bits per heavy atom. The summed E-state index contributed by atoms with van der Waals surface area (Å²) in [5.74, 6) is 0.813. The molecular weight excluding hydrogens is 459 g/mol. The number of hydrogen-bond donors (Lipinski definition) is 2. The highest BCUT2D eigenvalue weighted by atomic mass is 127. The van der Waals surface area contributed by atoms with Gasteiger partial charge in [0.05, 0.1) is 12.3 Å². The predicted molar refractivity (Wildman–Crippen MR) is 118 cm³/mol. The van der Waals surface area contributed by atoms with E-state index in [9.17, 15) is 4.79 Å². The van der Waals surface area contributed by atoms with E-state index in [2.05, 4.69) is 33.7 Å². The van der Waals surface area contributed by atoms with Crippen molar-refractivity contribution >= 4 is 36.0 Å². The summed E-state index contributed by atoms with van der Waals surface area (Å²) < 4.78 is 7.09. The van der Waals surface area contributed by atoms with Crippen LogP contribution in [0.2, 0.25) is 0 Å². The van der Waals surface area contributed by atoms with Crippen LogP contribution < -0.4 is 10.6 Å². The van der Waals surface area contributed by atoms with Gasteiger partial charge in [-0.3, -0.25) is 9.67 Å². The lowest BCUT2D eigenvalue weighted by atomic mass is 10.1. The minimum Gasteiger partial charge on any atom is -0.450 e.